The fraction of sp³-hybridized carbons (Fsp3) is 0.429. The smallest absolute Gasteiger partial charge is 0.292 e. The molecule has 0 bridgehead atoms. The summed E-state index contributed by atoms with van der Waals surface area (Å²) in [6, 6.07) is 0. The molecule has 0 saturated carbocycles. The van der Waals surface area contributed by atoms with Crippen LogP contribution >= 0.6 is 11.6 Å². The number of Topliss-reactive ketones (excluding diaryl/α,β-unsaturated/α-hetero) is 1. The van der Waals surface area contributed by atoms with E-state index in [0.717, 1.165) is 6.20 Å². The molecule has 0 spiro atoms. The van der Waals surface area contributed by atoms with Crippen molar-refractivity contribution in [3.05, 3.63) is 16.9 Å². The van der Waals surface area contributed by atoms with Crippen LogP contribution in [0.3, 0.4) is 0 Å². The van der Waals surface area contributed by atoms with E-state index in [1.54, 1.807) is 6.92 Å². The van der Waals surface area contributed by atoms with Crippen LogP contribution in [-0.4, -0.2) is 15.6 Å². The van der Waals surface area contributed by atoms with Gasteiger partial charge in [-0.25, -0.2) is 4.68 Å². The minimum absolute atomic E-state index is 0.0350. The second-order valence-corrected chi connectivity index (χ2v) is 2.77. The molecule has 13 heavy (non-hydrogen) atoms. The first kappa shape index (κ1) is 10.1. The summed E-state index contributed by atoms with van der Waals surface area (Å²) in [6.45, 7) is -1.16. The van der Waals surface area contributed by atoms with Crippen molar-refractivity contribution in [1.82, 2.24) is 9.78 Å². The highest BCUT2D eigenvalue weighted by molar-refractivity contribution is 6.33. The SMILES string of the molecule is CCC(=O)c1nn(C(F)F)cc1Cl. The second kappa shape index (κ2) is 3.83. The highest BCUT2D eigenvalue weighted by Crippen LogP contribution is 2.19. The van der Waals surface area contributed by atoms with Crippen LogP contribution in [0.1, 0.15) is 30.4 Å². The van der Waals surface area contributed by atoms with Crippen molar-refractivity contribution in [3.8, 4) is 0 Å². The molecule has 0 amide bonds. The Hall–Kier alpha value is -0.970. The third kappa shape index (κ3) is 2.03. The molecule has 0 radical (unpaired) electrons. The maximum absolute atomic E-state index is 12.1. The summed E-state index contributed by atoms with van der Waals surface area (Å²) >= 11 is 5.53. The van der Waals surface area contributed by atoms with Crippen molar-refractivity contribution in [1.29, 1.82) is 0 Å². The highest BCUT2D eigenvalue weighted by Gasteiger charge is 2.16. The van der Waals surface area contributed by atoms with Crippen molar-refractivity contribution < 1.29 is 13.6 Å². The number of rotatable bonds is 3. The number of hydrogen-bond donors (Lipinski definition) is 0. The molecule has 0 fully saturated rings. The Balaban J connectivity index is 3.03. The van der Waals surface area contributed by atoms with Gasteiger partial charge >= 0.3 is 6.55 Å². The number of carbonyl (C=O) groups excluding carboxylic acids is 1. The van der Waals surface area contributed by atoms with E-state index in [0.29, 0.717) is 4.68 Å². The lowest BCUT2D eigenvalue weighted by molar-refractivity contribution is 0.0560. The molecule has 1 aromatic heterocycles. The van der Waals surface area contributed by atoms with Gasteiger partial charge in [-0.15, -0.1) is 0 Å². The average Bonchev–Trinajstić information content (AvgIpc) is 2.46. The lowest BCUT2D eigenvalue weighted by Crippen LogP contribution is -2.03. The molecular weight excluding hydrogens is 202 g/mol. The molecule has 1 aromatic rings. The largest absolute Gasteiger partial charge is 0.333 e. The Morgan fingerprint density at radius 2 is 2.38 bits per heavy atom. The number of alkyl halides is 2. The quantitative estimate of drug-likeness (QED) is 0.716. The van der Waals surface area contributed by atoms with E-state index >= 15 is 0 Å². The number of hydrogen-bond acceptors (Lipinski definition) is 2. The number of ketones is 1. The van der Waals surface area contributed by atoms with Crippen LogP contribution in [0, 0.1) is 0 Å². The Morgan fingerprint density at radius 1 is 1.77 bits per heavy atom. The summed E-state index contributed by atoms with van der Waals surface area (Å²) in [4.78, 5) is 11.1. The lowest BCUT2D eigenvalue weighted by atomic mass is 10.2. The van der Waals surface area contributed by atoms with Crippen LogP contribution in [0.5, 0.6) is 0 Å². The summed E-state index contributed by atoms with van der Waals surface area (Å²) in [5.74, 6) is -0.343. The second-order valence-electron chi connectivity index (χ2n) is 2.36. The fourth-order valence-electron chi connectivity index (χ4n) is 0.826. The number of nitrogens with zero attached hydrogens (tertiary/aromatic N) is 2. The van der Waals surface area contributed by atoms with Crippen LogP contribution in [0.15, 0.2) is 6.20 Å². The Labute approximate surface area is 78.3 Å². The molecule has 0 aliphatic heterocycles. The molecule has 0 aliphatic rings. The summed E-state index contributed by atoms with van der Waals surface area (Å²) in [5, 5.41) is 3.33. The van der Waals surface area contributed by atoms with Gasteiger partial charge in [-0.3, -0.25) is 4.79 Å². The minimum atomic E-state index is -2.77. The van der Waals surface area contributed by atoms with Crippen molar-refractivity contribution >= 4 is 17.4 Å². The first-order valence-electron chi connectivity index (χ1n) is 3.62. The number of aromatic nitrogens is 2. The summed E-state index contributed by atoms with van der Waals surface area (Å²) < 4.78 is 24.5. The third-order valence-electron chi connectivity index (χ3n) is 1.47. The zero-order chi connectivity index (χ0) is 10.0. The van der Waals surface area contributed by atoms with Gasteiger partial charge in [-0.05, 0) is 0 Å². The predicted molar refractivity (Wildman–Crippen MR) is 43.1 cm³/mol. The van der Waals surface area contributed by atoms with Gasteiger partial charge in [0.25, 0.3) is 0 Å². The summed E-state index contributed by atoms with van der Waals surface area (Å²) in [6.07, 6.45) is 1.13. The van der Waals surface area contributed by atoms with E-state index in [2.05, 4.69) is 5.10 Å². The molecule has 0 atom stereocenters. The van der Waals surface area contributed by atoms with E-state index < -0.39 is 6.55 Å². The summed E-state index contributed by atoms with van der Waals surface area (Å²) in [7, 11) is 0. The Kier molecular flexibility index (Phi) is 2.98. The fourth-order valence-corrected chi connectivity index (χ4v) is 1.07. The molecular formula is C7H7ClF2N2O. The molecule has 3 nitrogen and oxygen atoms in total. The van der Waals surface area contributed by atoms with Gasteiger partial charge in [0.05, 0.1) is 11.2 Å². The van der Waals surface area contributed by atoms with Crippen molar-refractivity contribution in [2.24, 2.45) is 0 Å². The Bertz CT molecular complexity index is 324. The first-order chi connectivity index (χ1) is 6.06. The van der Waals surface area contributed by atoms with Crippen molar-refractivity contribution in [3.63, 3.8) is 0 Å². The minimum Gasteiger partial charge on any atom is -0.292 e. The Morgan fingerprint density at radius 3 is 2.77 bits per heavy atom. The maximum atomic E-state index is 12.1. The van der Waals surface area contributed by atoms with E-state index in [-0.39, 0.29) is 22.9 Å². The van der Waals surface area contributed by atoms with Gasteiger partial charge in [0.1, 0.15) is 5.69 Å². The zero-order valence-electron chi connectivity index (χ0n) is 6.80. The standard InChI is InChI=1S/C7H7ClF2N2O/c1-2-5(13)6-4(8)3-12(11-6)7(9)10/h3,7H,2H2,1H3. The molecule has 0 saturated heterocycles. The maximum Gasteiger partial charge on any atom is 0.333 e. The van der Waals surface area contributed by atoms with E-state index in [1.165, 1.54) is 0 Å². The number of carbonyl (C=O) groups is 1. The van der Waals surface area contributed by atoms with E-state index in [1.807, 2.05) is 0 Å². The average molecular weight is 209 g/mol. The summed E-state index contributed by atoms with van der Waals surface area (Å²) in [5.41, 5.74) is -0.0931. The van der Waals surface area contributed by atoms with Gasteiger partial charge in [-0.1, -0.05) is 18.5 Å². The van der Waals surface area contributed by atoms with Crippen LogP contribution in [0.25, 0.3) is 0 Å². The molecule has 72 valence electrons. The van der Waals surface area contributed by atoms with Crippen LogP contribution in [0.4, 0.5) is 8.78 Å². The molecule has 1 heterocycles. The number of halogens is 3. The van der Waals surface area contributed by atoms with Gasteiger partial charge in [0.15, 0.2) is 5.78 Å². The third-order valence-corrected chi connectivity index (χ3v) is 1.75. The predicted octanol–water partition coefficient (Wildman–Crippen LogP) is 2.52. The molecule has 0 N–H and O–H groups in total. The van der Waals surface area contributed by atoms with Gasteiger partial charge in [-0.2, -0.15) is 13.9 Å². The van der Waals surface area contributed by atoms with Crippen LogP contribution < -0.4 is 0 Å². The molecule has 0 aliphatic carbocycles. The zero-order valence-corrected chi connectivity index (χ0v) is 7.55. The van der Waals surface area contributed by atoms with Crippen LogP contribution in [0.2, 0.25) is 5.02 Å². The van der Waals surface area contributed by atoms with E-state index in [9.17, 15) is 13.6 Å². The molecule has 0 unspecified atom stereocenters. The molecule has 1 rings (SSSR count). The molecule has 0 aromatic carbocycles. The topological polar surface area (TPSA) is 34.9 Å². The van der Waals surface area contributed by atoms with Crippen LogP contribution in [-0.2, 0) is 0 Å². The normalized spacial score (nSPS) is 10.8. The first-order valence-corrected chi connectivity index (χ1v) is 4.00. The monoisotopic (exact) mass is 208 g/mol. The molecule has 6 heteroatoms. The van der Waals surface area contributed by atoms with Crippen molar-refractivity contribution in [2.75, 3.05) is 0 Å². The van der Waals surface area contributed by atoms with Gasteiger partial charge in [0.2, 0.25) is 0 Å². The van der Waals surface area contributed by atoms with Gasteiger partial charge in [0, 0.05) is 6.42 Å². The van der Waals surface area contributed by atoms with E-state index in [4.69, 9.17) is 11.6 Å². The van der Waals surface area contributed by atoms with Crippen molar-refractivity contribution in [2.45, 2.75) is 19.9 Å². The highest BCUT2D eigenvalue weighted by atomic mass is 35.5. The van der Waals surface area contributed by atoms with Gasteiger partial charge < -0.3 is 0 Å². The lowest BCUT2D eigenvalue weighted by Gasteiger charge is -1.95.